The van der Waals surface area contributed by atoms with Crippen molar-refractivity contribution in [2.75, 3.05) is 20.1 Å². The van der Waals surface area contributed by atoms with Crippen LogP contribution in [0.3, 0.4) is 0 Å². The van der Waals surface area contributed by atoms with Crippen LogP contribution in [0.4, 0.5) is 0 Å². The molecule has 2 aliphatic rings. The molecule has 1 saturated heterocycles. The number of hydrogen-bond donors (Lipinski definition) is 1. The minimum Gasteiger partial charge on any atom is -0.325 e. The van der Waals surface area contributed by atoms with Gasteiger partial charge in [0.15, 0.2) is 0 Å². The summed E-state index contributed by atoms with van der Waals surface area (Å²) in [6.07, 6.45) is 7.70. The predicted molar refractivity (Wildman–Crippen MR) is 67.9 cm³/mol. The summed E-state index contributed by atoms with van der Waals surface area (Å²) in [6, 6.07) is 2.73. The van der Waals surface area contributed by atoms with Crippen LogP contribution in [0.25, 0.3) is 0 Å². The predicted octanol–water partition coefficient (Wildman–Crippen LogP) is 1.18. The van der Waals surface area contributed by atoms with Gasteiger partial charge < -0.3 is 10.6 Å². The number of likely N-dealkylation sites (tertiary alicyclic amines) is 1. The Hall–Kier alpha value is -0.870. The van der Waals surface area contributed by atoms with Crippen molar-refractivity contribution in [1.82, 2.24) is 14.7 Å². The Morgan fingerprint density at radius 3 is 2.76 bits per heavy atom. The van der Waals surface area contributed by atoms with Crippen LogP contribution in [0.1, 0.15) is 37.4 Å². The molecule has 0 bridgehead atoms. The molecule has 3 rings (SSSR count). The van der Waals surface area contributed by atoms with E-state index < -0.39 is 0 Å². The van der Waals surface area contributed by atoms with Crippen molar-refractivity contribution >= 4 is 0 Å². The molecule has 0 atom stereocenters. The molecule has 1 saturated carbocycles. The minimum atomic E-state index is 0.0865. The SMILES string of the molecule is CN1CCC(n2nccc2CC2(N)CC2)CC1. The van der Waals surface area contributed by atoms with E-state index in [-0.39, 0.29) is 5.54 Å². The highest BCUT2D eigenvalue weighted by Crippen LogP contribution is 2.36. The van der Waals surface area contributed by atoms with Gasteiger partial charge in [-0.3, -0.25) is 4.68 Å². The Morgan fingerprint density at radius 2 is 2.12 bits per heavy atom. The van der Waals surface area contributed by atoms with Crippen LogP contribution in [0, 0.1) is 0 Å². The van der Waals surface area contributed by atoms with E-state index in [9.17, 15) is 0 Å². The van der Waals surface area contributed by atoms with Gasteiger partial charge in [-0.05, 0) is 51.9 Å². The van der Waals surface area contributed by atoms with E-state index in [1.807, 2.05) is 6.20 Å². The largest absolute Gasteiger partial charge is 0.325 e. The third-order valence-electron chi connectivity index (χ3n) is 4.21. The molecule has 1 aromatic heterocycles. The summed E-state index contributed by atoms with van der Waals surface area (Å²) in [6.45, 7) is 2.36. The van der Waals surface area contributed by atoms with Crippen molar-refractivity contribution in [3.05, 3.63) is 18.0 Å². The lowest BCUT2D eigenvalue weighted by Gasteiger charge is -2.30. The van der Waals surface area contributed by atoms with Crippen LogP contribution in [0.2, 0.25) is 0 Å². The number of hydrogen-bond acceptors (Lipinski definition) is 3. The Labute approximate surface area is 103 Å². The topological polar surface area (TPSA) is 47.1 Å². The molecular weight excluding hydrogens is 212 g/mol. The average Bonchev–Trinajstić information content (AvgIpc) is 2.86. The Morgan fingerprint density at radius 1 is 1.41 bits per heavy atom. The lowest BCUT2D eigenvalue weighted by Crippen LogP contribution is -2.33. The van der Waals surface area contributed by atoms with Crippen LogP contribution in [0.15, 0.2) is 12.3 Å². The van der Waals surface area contributed by atoms with Crippen molar-refractivity contribution in [2.24, 2.45) is 5.73 Å². The molecule has 4 nitrogen and oxygen atoms in total. The molecule has 0 spiro atoms. The Balaban J connectivity index is 1.72. The molecule has 0 aromatic carbocycles. The zero-order valence-corrected chi connectivity index (χ0v) is 10.6. The highest BCUT2D eigenvalue weighted by atomic mass is 15.3. The van der Waals surface area contributed by atoms with Gasteiger partial charge in [-0.1, -0.05) is 0 Å². The smallest absolute Gasteiger partial charge is 0.0546 e. The highest BCUT2D eigenvalue weighted by molar-refractivity contribution is 5.13. The third kappa shape index (κ3) is 2.38. The van der Waals surface area contributed by atoms with E-state index >= 15 is 0 Å². The number of piperidine rings is 1. The van der Waals surface area contributed by atoms with Crippen LogP contribution < -0.4 is 5.73 Å². The second kappa shape index (κ2) is 4.10. The first-order chi connectivity index (χ1) is 8.16. The second-order valence-corrected chi connectivity index (χ2v) is 5.84. The summed E-state index contributed by atoms with van der Waals surface area (Å²) in [5.41, 5.74) is 7.63. The van der Waals surface area contributed by atoms with Crippen molar-refractivity contribution in [3.63, 3.8) is 0 Å². The van der Waals surface area contributed by atoms with E-state index in [2.05, 4.69) is 27.8 Å². The van der Waals surface area contributed by atoms with Crippen LogP contribution >= 0.6 is 0 Å². The fraction of sp³-hybridized carbons (Fsp3) is 0.769. The third-order valence-corrected chi connectivity index (χ3v) is 4.21. The maximum atomic E-state index is 6.21. The summed E-state index contributed by atoms with van der Waals surface area (Å²) in [5, 5.41) is 4.52. The number of nitrogens with two attached hydrogens (primary N) is 1. The van der Waals surface area contributed by atoms with E-state index in [0.29, 0.717) is 6.04 Å². The summed E-state index contributed by atoms with van der Waals surface area (Å²) in [5.74, 6) is 0. The second-order valence-electron chi connectivity index (χ2n) is 5.84. The van der Waals surface area contributed by atoms with Gasteiger partial charge >= 0.3 is 0 Å². The standard InChI is InChI=1S/C13H22N4/c1-16-8-3-11(4-9-16)17-12(2-7-15-17)10-13(14)5-6-13/h2,7,11H,3-6,8-10,14H2,1H3. The first-order valence-corrected chi connectivity index (χ1v) is 6.66. The molecule has 1 aliphatic heterocycles. The summed E-state index contributed by atoms with van der Waals surface area (Å²) in [7, 11) is 2.19. The summed E-state index contributed by atoms with van der Waals surface area (Å²) >= 11 is 0. The Bertz CT molecular complexity index is 386. The molecule has 17 heavy (non-hydrogen) atoms. The lowest BCUT2D eigenvalue weighted by molar-refractivity contribution is 0.209. The molecule has 2 heterocycles. The average molecular weight is 234 g/mol. The van der Waals surface area contributed by atoms with Gasteiger partial charge in [-0.2, -0.15) is 5.10 Å². The molecule has 0 unspecified atom stereocenters. The normalized spacial score (nSPS) is 25.1. The lowest BCUT2D eigenvalue weighted by atomic mass is 10.0. The van der Waals surface area contributed by atoms with Gasteiger partial charge in [0.2, 0.25) is 0 Å². The maximum Gasteiger partial charge on any atom is 0.0546 e. The molecule has 2 fully saturated rings. The zero-order valence-electron chi connectivity index (χ0n) is 10.6. The fourth-order valence-corrected chi connectivity index (χ4v) is 2.75. The summed E-state index contributed by atoms with van der Waals surface area (Å²) in [4.78, 5) is 2.39. The molecule has 1 aromatic rings. The number of aromatic nitrogens is 2. The Kier molecular flexibility index (Phi) is 2.71. The number of nitrogens with zero attached hydrogens (tertiary/aromatic N) is 3. The molecule has 94 valence electrons. The van der Waals surface area contributed by atoms with Gasteiger partial charge in [0.05, 0.1) is 6.04 Å². The zero-order chi connectivity index (χ0) is 11.9. The van der Waals surface area contributed by atoms with Crippen LogP contribution in [0.5, 0.6) is 0 Å². The van der Waals surface area contributed by atoms with Gasteiger partial charge in [0.1, 0.15) is 0 Å². The van der Waals surface area contributed by atoms with Gasteiger partial charge in [-0.15, -0.1) is 0 Å². The summed E-state index contributed by atoms with van der Waals surface area (Å²) < 4.78 is 2.24. The van der Waals surface area contributed by atoms with E-state index in [4.69, 9.17) is 5.73 Å². The monoisotopic (exact) mass is 234 g/mol. The number of rotatable bonds is 3. The van der Waals surface area contributed by atoms with E-state index in [1.54, 1.807) is 0 Å². The molecule has 0 radical (unpaired) electrons. The molecule has 0 amide bonds. The van der Waals surface area contributed by atoms with Crippen LogP contribution in [-0.2, 0) is 6.42 Å². The van der Waals surface area contributed by atoms with Crippen LogP contribution in [-0.4, -0.2) is 40.4 Å². The first kappa shape index (κ1) is 11.2. The van der Waals surface area contributed by atoms with E-state index in [0.717, 1.165) is 6.42 Å². The fourth-order valence-electron chi connectivity index (χ4n) is 2.75. The quantitative estimate of drug-likeness (QED) is 0.854. The van der Waals surface area contributed by atoms with E-state index in [1.165, 1.54) is 44.5 Å². The maximum absolute atomic E-state index is 6.21. The highest BCUT2D eigenvalue weighted by Gasteiger charge is 2.39. The molecular formula is C13H22N4. The first-order valence-electron chi connectivity index (χ1n) is 6.66. The van der Waals surface area contributed by atoms with Crippen molar-refractivity contribution < 1.29 is 0 Å². The van der Waals surface area contributed by atoms with Gasteiger partial charge in [0.25, 0.3) is 0 Å². The minimum absolute atomic E-state index is 0.0865. The van der Waals surface area contributed by atoms with Gasteiger partial charge in [-0.25, -0.2) is 0 Å². The van der Waals surface area contributed by atoms with Crippen molar-refractivity contribution in [2.45, 2.75) is 43.7 Å². The molecule has 4 heteroatoms. The van der Waals surface area contributed by atoms with Crippen molar-refractivity contribution in [1.29, 1.82) is 0 Å². The molecule has 2 N–H and O–H groups in total. The van der Waals surface area contributed by atoms with Crippen molar-refractivity contribution in [3.8, 4) is 0 Å². The van der Waals surface area contributed by atoms with Gasteiger partial charge in [0, 0.05) is 23.9 Å². The molecule has 1 aliphatic carbocycles.